The second-order valence-electron chi connectivity index (χ2n) is 7.98. The Labute approximate surface area is 167 Å². The lowest BCUT2D eigenvalue weighted by atomic mass is 9.87. The van der Waals surface area contributed by atoms with E-state index in [9.17, 15) is 20.4 Å². The zero-order valence-corrected chi connectivity index (χ0v) is 18.1. The van der Waals surface area contributed by atoms with E-state index in [1.165, 1.54) is 0 Å². The zero-order valence-electron chi connectivity index (χ0n) is 18.1. The van der Waals surface area contributed by atoms with Gasteiger partial charge < -0.3 is 25.2 Å². The molecule has 0 radical (unpaired) electrons. The first kappa shape index (κ1) is 26.8. The first-order valence-electron chi connectivity index (χ1n) is 11.2. The van der Waals surface area contributed by atoms with Crippen LogP contribution in [0.4, 0.5) is 0 Å². The van der Waals surface area contributed by atoms with Gasteiger partial charge in [0.2, 0.25) is 0 Å². The van der Waals surface area contributed by atoms with E-state index in [1.54, 1.807) is 0 Å². The number of ether oxygens (including phenoxy) is 1. The second-order valence-corrected chi connectivity index (χ2v) is 7.98. The molecule has 0 aliphatic heterocycles. The highest BCUT2D eigenvalue weighted by Gasteiger charge is 2.30. The largest absolute Gasteiger partial charge is 0.394 e. The van der Waals surface area contributed by atoms with Crippen LogP contribution in [0.25, 0.3) is 0 Å². The van der Waals surface area contributed by atoms with Crippen molar-refractivity contribution in [1.82, 2.24) is 0 Å². The van der Waals surface area contributed by atoms with Crippen LogP contribution < -0.4 is 0 Å². The Morgan fingerprint density at radius 2 is 1.04 bits per heavy atom. The summed E-state index contributed by atoms with van der Waals surface area (Å²) in [7, 11) is 0. The van der Waals surface area contributed by atoms with Crippen molar-refractivity contribution in [3.63, 3.8) is 0 Å². The van der Waals surface area contributed by atoms with Crippen molar-refractivity contribution < 1.29 is 25.2 Å². The monoisotopic (exact) mass is 390 g/mol. The Morgan fingerprint density at radius 1 is 0.667 bits per heavy atom. The predicted octanol–water partition coefficient (Wildman–Crippen LogP) is 3.66. The van der Waals surface area contributed by atoms with Crippen molar-refractivity contribution in [1.29, 1.82) is 0 Å². The summed E-state index contributed by atoms with van der Waals surface area (Å²) in [6.45, 7) is 8.11. The Hall–Kier alpha value is -0.200. The van der Waals surface area contributed by atoms with Gasteiger partial charge in [-0.05, 0) is 24.7 Å². The molecule has 0 aromatic carbocycles. The molecule has 0 aromatic rings. The second kappa shape index (κ2) is 16.7. The minimum absolute atomic E-state index is 0.143. The van der Waals surface area contributed by atoms with Gasteiger partial charge in [-0.25, -0.2) is 0 Å². The molecule has 0 saturated heterocycles. The van der Waals surface area contributed by atoms with Crippen LogP contribution in [0.5, 0.6) is 0 Å². The van der Waals surface area contributed by atoms with Gasteiger partial charge >= 0.3 is 0 Å². The summed E-state index contributed by atoms with van der Waals surface area (Å²) < 4.78 is 6.55. The van der Waals surface area contributed by atoms with Gasteiger partial charge in [0.05, 0.1) is 37.6 Å². The summed E-state index contributed by atoms with van der Waals surface area (Å²) >= 11 is 0. The number of hydrogen-bond acceptors (Lipinski definition) is 5. The minimum atomic E-state index is -0.787. The molecule has 27 heavy (non-hydrogen) atoms. The lowest BCUT2D eigenvalue weighted by Gasteiger charge is -2.36. The van der Waals surface area contributed by atoms with Crippen LogP contribution in [-0.2, 0) is 4.74 Å². The number of unbranched alkanes of at least 4 members (excludes halogenated alkanes) is 2. The summed E-state index contributed by atoms with van der Waals surface area (Å²) in [6, 6.07) is 0. The lowest BCUT2D eigenvalue weighted by molar-refractivity contribution is -0.110. The Bertz CT molecular complexity index is 296. The van der Waals surface area contributed by atoms with Crippen molar-refractivity contribution in [3.8, 4) is 0 Å². The summed E-state index contributed by atoms with van der Waals surface area (Å²) in [4.78, 5) is 0. The Kier molecular flexibility index (Phi) is 16.6. The molecule has 0 bridgehead atoms. The molecule has 0 aliphatic rings. The Balaban J connectivity index is 5.36. The van der Waals surface area contributed by atoms with Crippen LogP contribution in [0.3, 0.4) is 0 Å². The molecule has 0 amide bonds. The summed E-state index contributed by atoms with van der Waals surface area (Å²) in [5, 5.41) is 38.8. The standard InChI is InChI=1S/C22H46O5/c1-5-9-11-17(7-3)21(13-19(25)15-23)27-22(14-20(26)16-24)18(8-4)12-10-6-2/h17-26H,5-16H2,1-4H3. The lowest BCUT2D eigenvalue weighted by Crippen LogP contribution is -2.38. The van der Waals surface area contributed by atoms with Crippen LogP contribution in [0.15, 0.2) is 0 Å². The maximum Gasteiger partial charge on any atom is 0.0795 e. The maximum atomic E-state index is 10.1. The predicted molar refractivity (Wildman–Crippen MR) is 111 cm³/mol. The molecule has 6 atom stereocenters. The van der Waals surface area contributed by atoms with Gasteiger partial charge in [0.15, 0.2) is 0 Å². The van der Waals surface area contributed by atoms with Gasteiger partial charge in [0.1, 0.15) is 0 Å². The molecule has 164 valence electrons. The first-order valence-corrected chi connectivity index (χ1v) is 11.2. The van der Waals surface area contributed by atoms with E-state index in [0.29, 0.717) is 24.7 Å². The molecule has 0 spiro atoms. The van der Waals surface area contributed by atoms with Gasteiger partial charge in [-0.2, -0.15) is 0 Å². The molecule has 6 unspecified atom stereocenters. The molecule has 5 nitrogen and oxygen atoms in total. The third kappa shape index (κ3) is 11.4. The highest BCUT2D eigenvalue weighted by atomic mass is 16.5. The van der Waals surface area contributed by atoms with Crippen LogP contribution in [0.2, 0.25) is 0 Å². The van der Waals surface area contributed by atoms with Gasteiger partial charge in [0.25, 0.3) is 0 Å². The minimum Gasteiger partial charge on any atom is -0.394 e. The summed E-state index contributed by atoms with van der Waals surface area (Å²) in [6.07, 6.45) is 7.43. The van der Waals surface area contributed by atoms with E-state index >= 15 is 0 Å². The average Bonchev–Trinajstić information content (AvgIpc) is 2.68. The van der Waals surface area contributed by atoms with E-state index in [-0.39, 0.29) is 25.4 Å². The van der Waals surface area contributed by atoms with E-state index in [1.807, 2.05) is 0 Å². The topological polar surface area (TPSA) is 90.2 Å². The van der Waals surface area contributed by atoms with Crippen molar-refractivity contribution >= 4 is 0 Å². The number of rotatable bonds is 18. The third-order valence-corrected chi connectivity index (χ3v) is 5.74. The van der Waals surface area contributed by atoms with Crippen LogP contribution >= 0.6 is 0 Å². The molecule has 0 aliphatic carbocycles. The van der Waals surface area contributed by atoms with Gasteiger partial charge in [0, 0.05) is 12.8 Å². The molecule has 0 saturated carbocycles. The van der Waals surface area contributed by atoms with Crippen molar-refractivity contribution in [3.05, 3.63) is 0 Å². The molecular formula is C22H46O5. The van der Waals surface area contributed by atoms with E-state index in [4.69, 9.17) is 4.74 Å². The third-order valence-electron chi connectivity index (χ3n) is 5.74. The fourth-order valence-corrected chi connectivity index (χ4v) is 3.87. The highest BCUT2D eigenvalue weighted by Crippen LogP contribution is 2.30. The van der Waals surface area contributed by atoms with E-state index < -0.39 is 12.2 Å². The smallest absolute Gasteiger partial charge is 0.0795 e. The molecular weight excluding hydrogens is 344 g/mol. The van der Waals surface area contributed by atoms with Crippen molar-refractivity contribution in [2.75, 3.05) is 13.2 Å². The molecule has 0 heterocycles. The number of aliphatic hydroxyl groups excluding tert-OH is 4. The van der Waals surface area contributed by atoms with E-state index in [0.717, 1.165) is 51.4 Å². The van der Waals surface area contributed by atoms with Crippen LogP contribution in [0, 0.1) is 11.8 Å². The fraction of sp³-hybridized carbons (Fsp3) is 1.00. The quantitative estimate of drug-likeness (QED) is 0.287. The highest BCUT2D eigenvalue weighted by molar-refractivity contribution is 4.79. The van der Waals surface area contributed by atoms with Crippen molar-refractivity contribution in [2.45, 2.75) is 116 Å². The van der Waals surface area contributed by atoms with Gasteiger partial charge in [-0.3, -0.25) is 0 Å². The Morgan fingerprint density at radius 3 is 1.30 bits per heavy atom. The maximum absolute atomic E-state index is 10.1. The summed E-state index contributed by atoms with van der Waals surface area (Å²) in [5.41, 5.74) is 0. The molecule has 4 N–H and O–H groups in total. The fourth-order valence-electron chi connectivity index (χ4n) is 3.87. The van der Waals surface area contributed by atoms with Crippen LogP contribution in [0.1, 0.15) is 91.9 Å². The number of aliphatic hydroxyl groups is 4. The normalized spacial score (nSPS) is 18.7. The SMILES string of the molecule is CCCCC(CC)C(CC(O)CO)OC(CC(O)CO)C(CC)CCCC. The first-order chi connectivity index (χ1) is 13.0. The average molecular weight is 391 g/mol. The molecule has 0 rings (SSSR count). The van der Waals surface area contributed by atoms with Crippen molar-refractivity contribution in [2.24, 2.45) is 11.8 Å². The van der Waals surface area contributed by atoms with E-state index in [2.05, 4.69) is 27.7 Å². The van der Waals surface area contributed by atoms with Gasteiger partial charge in [-0.15, -0.1) is 0 Å². The molecule has 5 heteroatoms. The molecule has 0 aromatic heterocycles. The molecule has 0 fully saturated rings. The summed E-state index contributed by atoms with van der Waals surface area (Å²) in [5.74, 6) is 0.646. The van der Waals surface area contributed by atoms with Gasteiger partial charge in [-0.1, -0.05) is 66.2 Å². The number of hydrogen-bond donors (Lipinski definition) is 4. The van der Waals surface area contributed by atoms with Crippen LogP contribution in [-0.4, -0.2) is 58.1 Å². The zero-order chi connectivity index (χ0) is 20.7.